The number of urea groups is 1. The van der Waals surface area contributed by atoms with Gasteiger partial charge in [-0.25, -0.2) is 9.69 Å². The van der Waals surface area contributed by atoms with E-state index in [-0.39, 0.29) is 5.57 Å². The van der Waals surface area contributed by atoms with Gasteiger partial charge in [0.2, 0.25) is 0 Å². The minimum Gasteiger partial charge on any atom is -0.494 e. The third kappa shape index (κ3) is 4.93. The van der Waals surface area contributed by atoms with Crippen LogP contribution >= 0.6 is 0 Å². The zero-order valence-corrected chi connectivity index (χ0v) is 18.0. The molecule has 0 spiro atoms. The molecule has 0 aliphatic carbocycles. The highest BCUT2D eigenvalue weighted by Crippen LogP contribution is 2.27. The fraction of sp³-hybridized carbons (Fsp3) is 0.115. The number of hydrogen-bond acceptors (Lipinski definition) is 5. The molecular weight excluding hydrogens is 420 g/mol. The molecule has 1 aliphatic rings. The molecule has 166 valence electrons. The molecule has 1 N–H and O–H groups in total. The number of carbonyl (C=O) groups is 3. The van der Waals surface area contributed by atoms with Gasteiger partial charge in [0.15, 0.2) is 0 Å². The number of barbiturate groups is 1. The summed E-state index contributed by atoms with van der Waals surface area (Å²) in [4.78, 5) is 39.0. The van der Waals surface area contributed by atoms with Crippen molar-refractivity contribution in [2.75, 3.05) is 11.5 Å². The fourth-order valence-corrected chi connectivity index (χ4v) is 3.37. The topological polar surface area (TPSA) is 84.9 Å². The second-order valence-electron chi connectivity index (χ2n) is 7.20. The van der Waals surface area contributed by atoms with Gasteiger partial charge >= 0.3 is 6.03 Å². The van der Waals surface area contributed by atoms with Crippen molar-refractivity contribution in [1.82, 2.24) is 5.32 Å². The van der Waals surface area contributed by atoms with E-state index in [2.05, 4.69) is 5.32 Å². The predicted molar refractivity (Wildman–Crippen MR) is 124 cm³/mol. The van der Waals surface area contributed by atoms with Gasteiger partial charge in [-0.15, -0.1) is 0 Å². The molecule has 7 nitrogen and oxygen atoms in total. The van der Waals surface area contributed by atoms with Crippen molar-refractivity contribution in [2.45, 2.75) is 13.5 Å². The quantitative estimate of drug-likeness (QED) is 0.435. The fourth-order valence-electron chi connectivity index (χ4n) is 3.37. The van der Waals surface area contributed by atoms with E-state index in [0.29, 0.717) is 36.0 Å². The number of benzene rings is 3. The standard InChI is InChI=1S/C26H22N2O5/c1-2-32-21-14-12-20(13-15-21)28-25(30)22(24(29)27-26(28)31)16-19-10-6-7-11-23(19)33-17-18-8-4-3-5-9-18/h3-16H,2,17H2,1H3,(H,27,29,31)/b22-16+. The average molecular weight is 442 g/mol. The molecule has 1 fully saturated rings. The van der Waals surface area contributed by atoms with Gasteiger partial charge in [0, 0.05) is 5.56 Å². The Hall–Kier alpha value is -4.39. The maximum Gasteiger partial charge on any atom is 0.335 e. The lowest BCUT2D eigenvalue weighted by molar-refractivity contribution is -0.122. The zero-order chi connectivity index (χ0) is 23.2. The number of anilines is 1. The first-order valence-electron chi connectivity index (χ1n) is 10.5. The van der Waals surface area contributed by atoms with Gasteiger partial charge in [-0.1, -0.05) is 48.5 Å². The number of rotatable bonds is 7. The highest BCUT2D eigenvalue weighted by atomic mass is 16.5. The van der Waals surface area contributed by atoms with E-state index in [1.165, 1.54) is 6.08 Å². The van der Waals surface area contributed by atoms with Crippen molar-refractivity contribution < 1.29 is 23.9 Å². The monoisotopic (exact) mass is 442 g/mol. The third-order valence-corrected chi connectivity index (χ3v) is 4.96. The number of ether oxygens (including phenoxy) is 2. The first-order valence-corrected chi connectivity index (χ1v) is 10.5. The van der Waals surface area contributed by atoms with Crippen molar-refractivity contribution in [1.29, 1.82) is 0 Å². The van der Waals surface area contributed by atoms with Crippen LogP contribution in [0.1, 0.15) is 18.1 Å². The van der Waals surface area contributed by atoms with Crippen LogP contribution in [0.4, 0.5) is 10.5 Å². The summed E-state index contributed by atoms with van der Waals surface area (Å²) in [5, 5.41) is 2.23. The summed E-state index contributed by atoms with van der Waals surface area (Å²) in [5.41, 5.74) is 1.69. The molecule has 4 amide bonds. The number of hydrogen-bond donors (Lipinski definition) is 1. The maximum absolute atomic E-state index is 13.2. The summed E-state index contributed by atoms with van der Waals surface area (Å²) in [5.74, 6) is -0.350. The molecule has 33 heavy (non-hydrogen) atoms. The third-order valence-electron chi connectivity index (χ3n) is 4.96. The van der Waals surface area contributed by atoms with Crippen LogP contribution in [-0.4, -0.2) is 24.5 Å². The molecule has 4 rings (SSSR count). The Labute approximate surface area is 191 Å². The normalized spacial score (nSPS) is 14.9. The van der Waals surface area contributed by atoms with E-state index in [9.17, 15) is 14.4 Å². The van der Waals surface area contributed by atoms with Crippen LogP contribution in [0.5, 0.6) is 11.5 Å². The summed E-state index contributed by atoms with van der Waals surface area (Å²) in [6.07, 6.45) is 1.44. The Bertz CT molecular complexity index is 1200. The molecule has 1 saturated heterocycles. The maximum atomic E-state index is 13.2. The van der Waals surface area contributed by atoms with Crippen LogP contribution in [0.25, 0.3) is 6.08 Å². The Kier molecular flexibility index (Phi) is 6.50. The number of carbonyl (C=O) groups excluding carboxylic acids is 3. The van der Waals surface area contributed by atoms with E-state index in [1.807, 2.05) is 37.3 Å². The van der Waals surface area contributed by atoms with E-state index in [4.69, 9.17) is 9.47 Å². The van der Waals surface area contributed by atoms with E-state index >= 15 is 0 Å². The number of para-hydroxylation sites is 1. The van der Waals surface area contributed by atoms with Crippen LogP contribution in [0.15, 0.2) is 84.4 Å². The van der Waals surface area contributed by atoms with Gasteiger partial charge in [0.05, 0.1) is 12.3 Å². The van der Waals surface area contributed by atoms with Gasteiger partial charge in [-0.05, 0) is 48.9 Å². The Morgan fingerprint density at radius 3 is 2.27 bits per heavy atom. The summed E-state index contributed by atoms with van der Waals surface area (Å²) < 4.78 is 11.3. The predicted octanol–water partition coefficient (Wildman–Crippen LogP) is 4.33. The van der Waals surface area contributed by atoms with Crippen molar-refractivity contribution in [3.63, 3.8) is 0 Å². The number of imide groups is 2. The molecule has 3 aromatic rings. The lowest BCUT2D eigenvalue weighted by Gasteiger charge is -2.26. The van der Waals surface area contributed by atoms with Gasteiger partial charge < -0.3 is 9.47 Å². The summed E-state index contributed by atoms with van der Waals surface area (Å²) in [6, 6.07) is 22.4. The largest absolute Gasteiger partial charge is 0.494 e. The van der Waals surface area contributed by atoms with Gasteiger partial charge in [0.1, 0.15) is 23.7 Å². The van der Waals surface area contributed by atoms with Crippen LogP contribution < -0.4 is 19.7 Å². The average Bonchev–Trinajstić information content (AvgIpc) is 2.83. The molecule has 0 unspecified atom stereocenters. The zero-order valence-electron chi connectivity index (χ0n) is 18.0. The van der Waals surface area contributed by atoms with E-state index < -0.39 is 17.8 Å². The van der Waals surface area contributed by atoms with Crippen molar-refractivity contribution >= 4 is 29.6 Å². The molecule has 0 bridgehead atoms. The number of amides is 4. The molecule has 1 aliphatic heterocycles. The first-order chi connectivity index (χ1) is 16.1. The second kappa shape index (κ2) is 9.82. The number of nitrogens with one attached hydrogen (secondary N) is 1. The lowest BCUT2D eigenvalue weighted by Crippen LogP contribution is -2.54. The molecule has 0 saturated carbocycles. The lowest BCUT2D eigenvalue weighted by atomic mass is 10.1. The van der Waals surface area contributed by atoms with Crippen LogP contribution in [0.2, 0.25) is 0 Å². The Morgan fingerprint density at radius 1 is 0.848 bits per heavy atom. The van der Waals surface area contributed by atoms with Crippen molar-refractivity contribution in [3.8, 4) is 11.5 Å². The summed E-state index contributed by atoms with van der Waals surface area (Å²) in [7, 11) is 0. The smallest absolute Gasteiger partial charge is 0.335 e. The minimum atomic E-state index is -0.806. The molecule has 0 aromatic heterocycles. The van der Waals surface area contributed by atoms with Crippen LogP contribution in [-0.2, 0) is 16.2 Å². The van der Waals surface area contributed by atoms with Gasteiger partial charge in [-0.2, -0.15) is 0 Å². The van der Waals surface area contributed by atoms with Crippen molar-refractivity contribution in [2.24, 2.45) is 0 Å². The minimum absolute atomic E-state index is 0.167. The highest BCUT2D eigenvalue weighted by molar-refractivity contribution is 6.39. The Balaban J connectivity index is 1.61. The van der Waals surface area contributed by atoms with Crippen molar-refractivity contribution in [3.05, 3.63) is 95.6 Å². The molecule has 1 heterocycles. The summed E-state index contributed by atoms with van der Waals surface area (Å²) in [6.45, 7) is 2.69. The second-order valence-corrected chi connectivity index (χ2v) is 7.20. The van der Waals surface area contributed by atoms with Gasteiger partial charge in [0.25, 0.3) is 11.8 Å². The van der Waals surface area contributed by atoms with Crippen LogP contribution in [0, 0.1) is 0 Å². The Morgan fingerprint density at radius 2 is 1.55 bits per heavy atom. The molecule has 7 heteroatoms. The molecule has 0 radical (unpaired) electrons. The van der Waals surface area contributed by atoms with E-state index in [0.717, 1.165) is 10.5 Å². The molecule has 0 atom stereocenters. The van der Waals surface area contributed by atoms with E-state index in [1.54, 1.807) is 48.5 Å². The van der Waals surface area contributed by atoms with Gasteiger partial charge in [-0.3, -0.25) is 14.9 Å². The highest BCUT2D eigenvalue weighted by Gasteiger charge is 2.37. The molecule has 3 aromatic carbocycles. The SMILES string of the molecule is CCOc1ccc(N2C(=O)NC(=O)/C(=C\c3ccccc3OCc3ccccc3)C2=O)cc1. The first kappa shape index (κ1) is 21.8. The number of nitrogens with zero attached hydrogens (tertiary/aromatic N) is 1. The van der Waals surface area contributed by atoms with Crippen LogP contribution in [0.3, 0.4) is 0 Å². The molecular formula is C26H22N2O5. The summed E-state index contributed by atoms with van der Waals surface area (Å²) >= 11 is 0.